The van der Waals surface area contributed by atoms with E-state index in [9.17, 15) is 4.79 Å². The molecule has 3 aromatic carbocycles. The van der Waals surface area contributed by atoms with Gasteiger partial charge in [0, 0.05) is 10.6 Å². The van der Waals surface area contributed by atoms with Gasteiger partial charge in [-0.3, -0.25) is 9.69 Å². The first kappa shape index (κ1) is 22.8. The van der Waals surface area contributed by atoms with Crippen molar-refractivity contribution in [2.24, 2.45) is 0 Å². The molecule has 5 nitrogen and oxygen atoms in total. The van der Waals surface area contributed by atoms with Crippen LogP contribution in [0.4, 0.5) is 5.69 Å². The van der Waals surface area contributed by atoms with Crippen LogP contribution in [-0.4, -0.2) is 18.1 Å². The van der Waals surface area contributed by atoms with E-state index >= 15 is 0 Å². The van der Waals surface area contributed by atoms with Crippen LogP contribution in [0, 0.1) is 13.8 Å². The van der Waals surface area contributed by atoms with Crippen LogP contribution >= 0.6 is 23.8 Å². The van der Waals surface area contributed by atoms with E-state index in [1.54, 1.807) is 13.2 Å². The van der Waals surface area contributed by atoms with Gasteiger partial charge < -0.3 is 14.8 Å². The first-order chi connectivity index (χ1) is 15.9. The molecule has 33 heavy (non-hydrogen) atoms. The van der Waals surface area contributed by atoms with Gasteiger partial charge in [-0.25, -0.2) is 0 Å². The summed E-state index contributed by atoms with van der Waals surface area (Å²) in [6.45, 7) is 4.23. The smallest absolute Gasteiger partial charge is 0.281 e. The molecular weight excluding hydrogens is 456 g/mol. The highest BCUT2D eigenvalue weighted by atomic mass is 35.5. The normalized spacial score (nSPS) is 14.5. The number of methoxy groups -OCH3 is 1. The number of ether oxygens (including phenoxy) is 2. The molecule has 168 valence electrons. The number of nitrogens with zero attached hydrogens (tertiary/aromatic N) is 1. The molecule has 1 fully saturated rings. The van der Waals surface area contributed by atoms with Crippen molar-refractivity contribution in [2.75, 3.05) is 12.0 Å². The third-order valence-corrected chi connectivity index (χ3v) is 6.02. The quantitative estimate of drug-likeness (QED) is 0.358. The Hall–Kier alpha value is -3.35. The highest BCUT2D eigenvalue weighted by molar-refractivity contribution is 7.80. The number of rotatable bonds is 6. The Morgan fingerprint density at radius 3 is 2.52 bits per heavy atom. The van der Waals surface area contributed by atoms with Crippen molar-refractivity contribution in [3.63, 3.8) is 0 Å². The predicted octanol–water partition coefficient (Wildman–Crippen LogP) is 5.81. The fourth-order valence-corrected chi connectivity index (χ4v) is 3.92. The summed E-state index contributed by atoms with van der Waals surface area (Å²) in [5.41, 5.74) is 4.87. The summed E-state index contributed by atoms with van der Waals surface area (Å²) in [5, 5.41) is 4.07. The third kappa shape index (κ3) is 5.02. The van der Waals surface area contributed by atoms with E-state index in [1.807, 2.05) is 74.5 Å². The van der Waals surface area contributed by atoms with Gasteiger partial charge in [0.2, 0.25) is 0 Å². The minimum absolute atomic E-state index is 0.200. The number of anilines is 1. The summed E-state index contributed by atoms with van der Waals surface area (Å²) in [4.78, 5) is 14.5. The standard InChI is InChI=1S/C26H23ClN2O3S/c1-16-4-7-20(8-5-16)29-25(30)23(28-26(29)33)14-18-6-11-24(31-3)19(13-18)15-32-21-9-10-22(27)17(2)12-21/h4-14H,15H2,1-3H3,(H,28,33)/b23-14+. The number of carbonyl (C=O) groups is 1. The molecule has 1 amide bonds. The lowest BCUT2D eigenvalue weighted by molar-refractivity contribution is -0.113. The van der Waals surface area contributed by atoms with Crippen LogP contribution in [0.15, 0.2) is 66.4 Å². The average Bonchev–Trinajstić information content (AvgIpc) is 3.08. The van der Waals surface area contributed by atoms with Gasteiger partial charge in [-0.15, -0.1) is 0 Å². The van der Waals surface area contributed by atoms with Gasteiger partial charge in [-0.1, -0.05) is 35.4 Å². The number of nitrogens with one attached hydrogen (secondary N) is 1. The third-order valence-electron chi connectivity index (χ3n) is 5.31. The van der Waals surface area contributed by atoms with Crippen LogP contribution in [0.25, 0.3) is 6.08 Å². The Kier molecular flexibility index (Phi) is 6.67. The number of aryl methyl sites for hydroxylation is 2. The molecule has 0 radical (unpaired) electrons. The van der Waals surface area contributed by atoms with Crippen molar-refractivity contribution in [3.8, 4) is 11.5 Å². The molecule has 0 atom stereocenters. The van der Waals surface area contributed by atoms with E-state index in [1.165, 1.54) is 4.90 Å². The van der Waals surface area contributed by atoms with Gasteiger partial charge >= 0.3 is 0 Å². The molecule has 0 aromatic heterocycles. The molecule has 1 saturated heterocycles. The Labute approximate surface area is 203 Å². The molecule has 0 saturated carbocycles. The SMILES string of the molecule is COc1ccc(/C=C2/NC(=S)N(c3ccc(C)cc3)C2=O)cc1COc1ccc(Cl)c(C)c1. The van der Waals surface area contributed by atoms with E-state index in [-0.39, 0.29) is 5.91 Å². The van der Waals surface area contributed by atoms with Crippen LogP contribution in [0.5, 0.6) is 11.5 Å². The van der Waals surface area contributed by atoms with Gasteiger partial charge in [0.25, 0.3) is 5.91 Å². The van der Waals surface area contributed by atoms with Gasteiger partial charge in [0.15, 0.2) is 5.11 Å². The van der Waals surface area contributed by atoms with E-state index < -0.39 is 0 Å². The van der Waals surface area contributed by atoms with E-state index in [0.29, 0.717) is 28.2 Å². The van der Waals surface area contributed by atoms with Crippen LogP contribution in [-0.2, 0) is 11.4 Å². The van der Waals surface area contributed by atoms with E-state index in [0.717, 1.165) is 33.7 Å². The van der Waals surface area contributed by atoms with Crippen molar-refractivity contribution in [1.29, 1.82) is 0 Å². The fourth-order valence-electron chi connectivity index (χ4n) is 3.50. The molecule has 3 aromatic rings. The number of thiocarbonyl (C=S) groups is 1. The second-order valence-corrected chi connectivity index (χ2v) is 8.53. The lowest BCUT2D eigenvalue weighted by Crippen LogP contribution is -2.30. The fraction of sp³-hybridized carbons (Fsp3) is 0.154. The lowest BCUT2D eigenvalue weighted by atomic mass is 10.1. The predicted molar refractivity (Wildman–Crippen MR) is 136 cm³/mol. The molecule has 1 aliphatic rings. The monoisotopic (exact) mass is 478 g/mol. The summed E-state index contributed by atoms with van der Waals surface area (Å²) < 4.78 is 11.4. The van der Waals surface area contributed by atoms with Crippen molar-refractivity contribution >= 4 is 46.6 Å². The van der Waals surface area contributed by atoms with Crippen LogP contribution in [0.2, 0.25) is 5.02 Å². The number of halogens is 1. The average molecular weight is 479 g/mol. The maximum absolute atomic E-state index is 13.0. The molecule has 0 bridgehead atoms. The van der Waals surface area contributed by atoms with Gasteiger partial charge in [-0.2, -0.15) is 0 Å². The lowest BCUT2D eigenvalue weighted by Gasteiger charge is -2.14. The Morgan fingerprint density at radius 1 is 1.06 bits per heavy atom. The zero-order valence-electron chi connectivity index (χ0n) is 18.5. The summed E-state index contributed by atoms with van der Waals surface area (Å²) in [6.07, 6.45) is 1.78. The molecule has 1 N–H and O–H groups in total. The van der Waals surface area contributed by atoms with E-state index in [4.69, 9.17) is 33.3 Å². The van der Waals surface area contributed by atoms with Crippen molar-refractivity contribution in [1.82, 2.24) is 5.32 Å². The van der Waals surface area contributed by atoms with Crippen LogP contribution in [0.1, 0.15) is 22.3 Å². The molecule has 0 spiro atoms. The van der Waals surface area contributed by atoms with E-state index in [2.05, 4.69) is 5.32 Å². The van der Waals surface area contributed by atoms with Crippen LogP contribution in [0.3, 0.4) is 0 Å². The zero-order chi connectivity index (χ0) is 23.5. The molecule has 4 rings (SSSR count). The van der Waals surface area contributed by atoms with Crippen molar-refractivity contribution < 1.29 is 14.3 Å². The number of benzene rings is 3. The topological polar surface area (TPSA) is 50.8 Å². The summed E-state index contributed by atoms with van der Waals surface area (Å²) in [5.74, 6) is 1.22. The second kappa shape index (κ2) is 9.65. The van der Waals surface area contributed by atoms with Crippen LogP contribution < -0.4 is 19.7 Å². The highest BCUT2D eigenvalue weighted by Crippen LogP contribution is 2.27. The molecular formula is C26H23ClN2O3S. The minimum atomic E-state index is -0.200. The van der Waals surface area contributed by atoms with Gasteiger partial charge in [-0.05, 0) is 85.7 Å². The maximum atomic E-state index is 13.0. The molecule has 1 heterocycles. The summed E-state index contributed by atoms with van der Waals surface area (Å²) >= 11 is 11.5. The minimum Gasteiger partial charge on any atom is -0.496 e. The molecule has 0 aliphatic carbocycles. The Morgan fingerprint density at radius 2 is 1.82 bits per heavy atom. The first-order valence-electron chi connectivity index (χ1n) is 10.4. The van der Waals surface area contributed by atoms with Gasteiger partial charge in [0.05, 0.1) is 12.8 Å². The number of hydrogen-bond donors (Lipinski definition) is 1. The Balaban J connectivity index is 1.56. The van der Waals surface area contributed by atoms with Gasteiger partial charge in [0.1, 0.15) is 23.8 Å². The number of hydrogen-bond acceptors (Lipinski definition) is 4. The zero-order valence-corrected chi connectivity index (χ0v) is 20.1. The largest absolute Gasteiger partial charge is 0.496 e. The summed E-state index contributed by atoms with van der Waals surface area (Å²) in [6, 6.07) is 18.9. The summed E-state index contributed by atoms with van der Waals surface area (Å²) in [7, 11) is 1.61. The highest BCUT2D eigenvalue weighted by Gasteiger charge is 2.31. The number of carbonyl (C=O) groups excluding carboxylic acids is 1. The maximum Gasteiger partial charge on any atom is 0.281 e. The Bertz CT molecular complexity index is 1250. The molecule has 7 heteroatoms. The van der Waals surface area contributed by atoms with Crippen molar-refractivity contribution in [2.45, 2.75) is 20.5 Å². The first-order valence-corrected chi connectivity index (χ1v) is 11.1. The number of amides is 1. The van der Waals surface area contributed by atoms with Crippen molar-refractivity contribution in [3.05, 3.63) is 93.6 Å². The molecule has 0 unspecified atom stereocenters. The second-order valence-electron chi connectivity index (χ2n) is 7.74. The molecule has 1 aliphatic heterocycles.